The van der Waals surface area contributed by atoms with E-state index in [-0.39, 0.29) is 11.0 Å². The molecule has 2 rings (SSSR count). The van der Waals surface area contributed by atoms with E-state index < -0.39 is 23.3 Å². The van der Waals surface area contributed by atoms with Crippen molar-refractivity contribution in [2.24, 2.45) is 5.41 Å². The number of likely N-dealkylation sites (tertiary alicyclic amines) is 1. The van der Waals surface area contributed by atoms with Gasteiger partial charge >= 0.3 is 6.09 Å². The molecule has 1 aliphatic rings. The lowest BCUT2D eigenvalue weighted by molar-refractivity contribution is 0.0646. The van der Waals surface area contributed by atoms with Crippen molar-refractivity contribution in [1.29, 1.82) is 0 Å². The van der Waals surface area contributed by atoms with Crippen LogP contribution < -0.4 is 0 Å². The van der Waals surface area contributed by atoms with Crippen molar-refractivity contribution in [3.8, 4) is 0 Å². The second-order valence-corrected chi connectivity index (χ2v) is 6.69. The normalized spacial score (nSPS) is 22.5. The van der Waals surface area contributed by atoms with E-state index in [2.05, 4.69) is 0 Å². The van der Waals surface area contributed by atoms with Gasteiger partial charge in [-0.05, 0) is 24.3 Å². The molecule has 22 heavy (non-hydrogen) atoms. The van der Waals surface area contributed by atoms with Gasteiger partial charge in [0.2, 0.25) is 0 Å². The molecule has 1 unspecified atom stereocenters. The van der Waals surface area contributed by atoms with Crippen LogP contribution in [-0.2, 0) is 0 Å². The molecule has 1 N–H and O–H groups in total. The van der Waals surface area contributed by atoms with Crippen LogP contribution >= 0.6 is 0 Å². The Morgan fingerprint density at radius 2 is 2.05 bits per heavy atom. The molecule has 0 aliphatic carbocycles. The highest BCUT2D eigenvalue weighted by atomic mass is 19.2. The lowest BCUT2D eigenvalue weighted by Crippen LogP contribution is -2.53. The molecule has 0 bridgehead atoms. The molecule has 0 aromatic heterocycles. The van der Waals surface area contributed by atoms with Gasteiger partial charge in [-0.25, -0.2) is 13.6 Å². The quantitative estimate of drug-likeness (QED) is 0.871. The zero-order chi connectivity index (χ0) is 16.5. The SMILES string of the molecule is CC(C)(C)C1(C=Cc2cccc(F)c2F)CCCN1C(=O)O. The Hall–Kier alpha value is -1.91. The van der Waals surface area contributed by atoms with Gasteiger partial charge in [0.15, 0.2) is 11.6 Å². The van der Waals surface area contributed by atoms with Crippen molar-refractivity contribution >= 4 is 12.2 Å². The zero-order valence-electron chi connectivity index (χ0n) is 13.1. The van der Waals surface area contributed by atoms with Crippen molar-refractivity contribution < 1.29 is 18.7 Å². The summed E-state index contributed by atoms with van der Waals surface area (Å²) in [5.41, 5.74) is -0.958. The van der Waals surface area contributed by atoms with Crippen LogP contribution in [0.3, 0.4) is 0 Å². The average Bonchev–Trinajstić information content (AvgIpc) is 2.85. The number of carbonyl (C=O) groups is 1. The highest BCUT2D eigenvalue weighted by Crippen LogP contribution is 2.45. The van der Waals surface area contributed by atoms with Crippen LogP contribution in [0.2, 0.25) is 0 Å². The van der Waals surface area contributed by atoms with Crippen molar-refractivity contribution in [2.45, 2.75) is 39.2 Å². The predicted octanol–water partition coefficient (Wildman–Crippen LogP) is 4.54. The maximum Gasteiger partial charge on any atom is 0.408 e. The van der Waals surface area contributed by atoms with Gasteiger partial charge in [-0.15, -0.1) is 0 Å². The van der Waals surface area contributed by atoms with Gasteiger partial charge in [0, 0.05) is 12.1 Å². The average molecular weight is 309 g/mol. The number of hydrogen-bond donors (Lipinski definition) is 1. The molecule has 0 radical (unpaired) electrons. The van der Waals surface area contributed by atoms with Crippen LogP contribution in [-0.4, -0.2) is 28.2 Å². The number of nitrogens with zero attached hydrogens (tertiary/aromatic N) is 1. The van der Waals surface area contributed by atoms with Crippen LogP contribution in [0.15, 0.2) is 24.3 Å². The first kappa shape index (κ1) is 16.5. The van der Waals surface area contributed by atoms with Gasteiger partial charge in [-0.2, -0.15) is 0 Å². The molecule has 1 saturated heterocycles. The lowest BCUT2D eigenvalue weighted by atomic mass is 9.71. The number of halogens is 2. The molecule has 1 atom stereocenters. The second kappa shape index (κ2) is 5.71. The fraction of sp³-hybridized carbons (Fsp3) is 0.471. The molecule has 1 fully saturated rings. The third kappa shape index (κ3) is 2.72. The van der Waals surface area contributed by atoms with Crippen molar-refractivity contribution in [1.82, 2.24) is 4.90 Å². The van der Waals surface area contributed by atoms with Crippen LogP contribution in [0.25, 0.3) is 6.08 Å². The monoisotopic (exact) mass is 309 g/mol. The van der Waals surface area contributed by atoms with Gasteiger partial charge in [0.05, 0.1) is 5.54 Å². The molecule has 120 valence electrons. The molecule has 1 aromatic carbocycles. The first-order chi connectivity index (χ1) is 10.2. The van der Waals surface area contributed by atoms with Crippen molar-refractivity contribution in [3.05, 3.63) is 41.5 Å². The van der Waals surface area contributed by atoms with E-state index in [1.165, 1.54) is 23.1 Å². The molecule has 0 spiro atoms. The van der Waals surface area contributed by atoms with Crippen LogP contribution in [0.5, 0.6) is 0 Å². The van der Waals surface area contributed by atoms with Gasteiger partial charge in [0.25, 0.3) is 0 Å². The minimum atomic E-state index is -0.989. The summed E-state index contributed by atoms with van der Waals surface area (Å²) < 4.78 is 27.1. The number of hydrogen-bond acceptors (Lipinski definition) is 1. The fourth-order valence-electron chi connectivity index (χ4n) is 3.19. The Labute approximate surface area is 129 Å². The number of rotatable bonds is 2. The van der Waals surface area contributed by atoms with E-state index in [0.29, 0.717) is 13.0 Å². The van der Waals surface area contributed by atoms with Crippen molar-refractivity contribution in [2.75, 3.05) is 6.54 Å². The van der Waals surface area contributed by atoms with Gasteiger partial charge in [-0.3, -0.25) is 4.90 Å². The maximum atomic E-state index is 13.8. The maximum absolute atomic E-state index is 13.8. The van der Waals surface area contributed by atoms with E-state index >= 15 is 0 Å². The lowest BCUT2D eigenvalue weighted by Gasteiger charge is -2.45. The Bertz CT molecular complexity index is 607. The van der Waals surface area contributed by atoms with E-state index in [4.69, 9.17) is 0 Å². The van der Waals surface area contributed by atoms with E-state index in [9.17, 15) is 18.7 Å². The summed E-state index contributed by atoms with van der Waals surface area (Å²) in [6, 6.07) is 3.97. The molecule has 1 aromatic rings. The molecule has 5 heteroatoms. The third-order valence-corrected chi connectivity index (χ3v) is 4.47. The zero-order valence-corrected chi connectivity index (χ0v) is 13.1. The Morgan fingerprint density at radius 3 is 2.64 bits per heavy atom. The molecule has 1 heterocycles. The minimum absolute atomic E-state index is 0.126. The van der Waals surface area contributed by atoms with Gasteiger partial charge < -0.3 is 5.11 Å². The minimum Gasteiger partial charge on any atom is -0.465 e. The summed E-state index contributed by atoms with van der Waals surface area (Å²) in [6.45, 7) is 6.32. The summed E-state index contributed by atoms with van der Waals surface area (Å²) in [7, 11) is 0. The van der Waals surface area contributed by atoms with Gasteiger partial charge in [-0.1, -0.05) is 45.1 Å². The first-order valence-corrected chi connectivity index (χ1v) is 7.33. The number of carboxylic acid groups (broad SMARTS) is 1. The molecule has 1 amide bonds. The van der Waals surface area contributed by atoms with E-state index in [0.717, 1.165) is 12.5 Å². The summed E-state index contributed by atoms with van der Waals surface area (Å²) in [5.74, 6) is -1.82. The Kier molecular flexibility index (Phi) is 4.27. The predicted molar refractivity (Wildman–Crippen MR) is 81.5 cm³/mol. The van der Waals surface area contributed by atoms with E-state index in [1.54, 1.807) is 6.08 Å². The number of amides is 1. The Balaban J connectivity index is 2.46. The smallest absolute Gasteiger partial charge is 0.408 e. The standard InChI is InChI=1S/C17H21F2NO2/c1-16(2,3)17(9-5-11-20(17)15(21)22)10-8-12-6-4-7-13(18)14(12)19/h4,6-8,10H,5,9,11H2,1-3H3,(H,21,22). The second-order valence-electron chi connectivity index (χ2n) is 6.69. The molecule has 0 saturated carbocycles. The first-order valence-electron chi connectivity index (χ1n) is 7.33. The van der Waals surface area contributed by atoms with Crippen LogP contribution in [0.1, 0.15) is 39.2 Å². The fourth-order valence-corrected chi connectivity index (χ4v) is 3.19. The van der Waals surface area contributed by atoms with Crippen LogP contribution in [0.4, 0.5) is 13.6 Å². The van der Waals surface area contributed by atoms with Crippen molar-refractivity contribution in [3.63, 3.8) is 0 Å². The highest BCUT2D eigenvalue weighted by Gasteiger charge is 2.49. The largest absolute Gasteiger partial charge is 0.465 e. The molecule has 3 nitrogen and oxygen atoms in total. The molecular formula is C17H21F2NO2. The van der Waals surface area contributed by atoms with E-state index in [1.807, 2.05) is 20.8 Å². The third-order valence-electron chi connectivity index (χ3n) is 4.47. The molecular weight excluding hydrogens is 288 g/mol. The Morgan fingerprint density at radius 1 is 1.36 bits per heavy atom. The summed E-state index contributed by atoms with van der Waals surface area (Å²) >= 11 is 0. The van der Waals surface area contributed by atoms with Gasteiger partial charge in [0.1, 0.15) is 0 Å². The van der Waals surface area contributed by atoms with Crippen LogP contribution in [0, 0.1) is 17.0 Å². The summed E-state index contributed by atoms with van der Waals surface area (Å²) in [5, 5.41) is 9.47. The highest BCUT2D eigenvalue weighted by molar-refractivity contribution is 5.68. The summed E-state index contributed by atoms with van der Waals surface area (Å²) in [4.78, 5) is 13.0. The number of benzene rings is 1. The summed E-state index contributed by atoms with van der Waals surface area (Å²) in [6.07, 6.45) is 3.63. The molecule has 1 aliphatic heterocycles. The topological polar surface area (TPSA) is 40.5 Å².